The van der Waals surface area contributed by atoms with E-state index in [4.69, 9.17) is 0 Å². The molecule has 1 aromatic heterocycles. The van der Waals surface area contributed by atoms with Crippen molar-refractivity contribution in [1.82, 2.24) is 20.7 Å². The number of guanidine groups is 1. The van der Waals surface area contributed by atoms with Gasteiger partial charge in [0.25, 0.3) is 5.96 Å². The maximum atomic E-state index is 11.8. The normalized spacial score (nSPS) is 11.2. The third-order valence-electron chi connectivity index (χ3n) is 2.29. The highest BCUT2D eigenvalue weighted by Gasteiger charge is 2.11. The number of carbonyl (C=O) groups is 1. The molecule has 0 aliphatic carbocycles. The number of nitrogens with one attached hydrogen (secondary N) is 3. The number of H-pyrrole nitrogens is 1. The van der Waals surface area contributed by atoms with E-state index in [1.54, 1.807) is 6.92 Å². The first-order chi connectivity index (χ1) is 9.54. The first-order valence-corrected chi connectivity index (χ1v) is 6.92. The van der Waals surface area contributed by atoms with E-state index < -0.39 is 5.03 Å². The van der Waals surface area contributed by atoms with Crippen LogP contribution in [0.3, 0.4) is 0 Å². The Kier molecular flexibility index (Phi) is 6.50. The van der Waals surface area contributed by atoms with Crippen molar-refractivity contribution in [3.8, 4) is 0 Å². The molecular formula is C10H16N6O3S. The van der Waals surface area contributed by atoms with Gasteiger partial charge in [-0.15, -0.1) is 0 Å². The topological polar surface area (TPSA) is 125 Å². The maximum absolute atomic E-state index is 11.8. The van der Waals surface area contributed by atoms with Crippen LogP contribution in [-0.2, 0) is 0 Å². The minimum Gasteiger partial charge on any atom is -0.351 e. The predicted octanol–water partition coefficient (Wildman–Crippen LogP) is -0.00928. The number of thioether (sulfide) groups is 1. The van der Waals surface area contributed by atoms with Crippen LogP contribution in [0.25, 0.3) is 0 Å². The molecule has 0 radical (unpaired) electrons. The number of imidazole rings is 1. The van der Waals surface area contributed by atoms with Crippen molar-refractivity contribution in [1.29, 1.82) is 0 Å². The Hall–Kier alpha value is -2.10. The van der Waals surface area contributed by atoms with E-state index in [1.165, 1.54) is 25.1 Å². The van der Waals surface area contributed by atoms with Gasteiger partial charge < -0.3 is 10.3 Å². The van der Waals surface area contributed by atoms with Crippen LogP contribution in [0.4, 0.5) is 0 Å². The zero-order chi connectivity index (χ0) is 15.0. The summed E-state index contributed by atoms with van der Waals surface area (Å²) in [6.07, 6.45) is 1.49. The minimum absolute atomic E-state index is 0.0402. The van der Waals surface area contributed by atoms with Gasteiger partial charge in [-0.1, -0.05) is 5.43 Å². The average Bonchev–Trinajstić information content (AvgIpc) is 2.82. The van der Waals surface area contributed by atoms with Crippen molar-refractivity contribution in [3.63, 3.8) is 0 Å². The summed E-state index contributed by atoms with van der Waals surface area (Å²) in [5.41, 5.74) is 3.14. The number of Topliss-reactive ketones (excluding diaryl/α,β-unsaturated/α-hetero) is 1. The van der Waals surface area contributed by atoms with Crippen molar-refractivity contribution in [2.45, 2.75) is 6.92 Å². The highest BCUT2D eigenvalue weighted by atomic mass is 32.2. The number of carbonyl (C=O) groups excluding carboxylic acids is 1. The van der Waals surface area contributed by atoms with Crippen LogP contribution in [0.1, 0.15) is 16.2 Å². The highest BCUT2D eigenvalue weighted by molar-refractivity contribution is 8.00. The molecule has 0 aliphatic heterocycles. The summed E-state index contributed by atoms with van der Waals surface area (Å²) in [5, 5.41) is 12.3. The number of hydrazine groups is 1. The molecule has 0 aliphatic rings. The number of ketones is 1. The molecule has 0 aromatic carbocycles. The number of aromatic amines is 1. The van der Waals surface area contributed by atoms with E-state index in [0.717, 1.165) is 5.69 Å². The van der Waals surface area contributed by atoms with Gasteiger partial charge >= 0.3 is 0 Å². The molecule has 0 saturated heterocycles. The molecule has 0 bridgehead atoms. The summed E-state index contributed by atoms with van der Waals surface area (Å²) >= 11 is 1.42. The lowest BCUT2D eigenvalue weighted by molar-refractivity contribution is -0.525. The zero-order valence-electron chi connectivity index (χ0n) is 11.2. The van der Waals surface area contributed by atoms with Crippen LogP contribution >= 0.6 is 11.8 Å². The summed E-state index contributed by atoms with van der Waals surface area (Å²) in [6.45, 7) is 2.25. The van der Waals surface area contributed by atoms with E-state index in [9.17, 15) is 14.9 Å². The van der Waals surface area contributed by atoms with Gasteiger partial charge in [0.1, 0.15) is 5.69 Å². The number of aliphatic imine (C=N–C) groups is 1. The molecular weight excluding hydrogens is 284 g/mol. The third-order valence-corrected chi connectivity index (χ3v) is 3.25. The number of hydrogen-bond acceptors (Lipinski definition) is 6. The largest absolute Gasteiger partial charge is 0.351 e. The summed E-state index contributed by atoms with van der Waals surface area (Å²) in [6, 6.07) is 0. The van der Waals surface area contributed by atoms with Crippen molar-refractivity contribution in [3.05, 3.63) is 27.8 Å². The second-order valence-corrected chi connectivity index (χ2v) is 4.82. The van der Waals surface area contributed by atoms with E-state index in [1.807, 2.05) is 5.43 Å². The third kappa shape index (κ3) is 5.26. The molecule has 1 heterocycles. The highest BCUT2D eigenvalue weighted by Crippen LogP contribution is 2.07. The number of nitrogens with zero attached hydrogens (tertiary/aromatic N) is 3. The van der Waals surface area contributed by atoms with Gasteiger partial charge in [-0.3, -0.25) is 9.79 Å². The van der Waals surface area contributed by atoms with Crippen LogP contribution in [0.5, 0.6) is 0 Å². The predicted molar refractivity (Wildman–Crippen MR) is 76.5 cm³/mol. The SMILES string of the molecule is CN=C(NCCSCC(=O)c1nc[nH]c1C)N[N+](=O)[O-]. The van der Waals surface area contributed by atoms with Crippen LogP contribution in [-0.4, -0.2) is 51.8 Å². The molecule has 1 aromatic rings. The number of nitro groups is 1. The van der Waals surface area contributed by atoms with Gasteiger partial charge in [0, 0.05) is 25.0 Å². The second kappa shape index (κ2) is 8.15. The van der Waals surface area contributed by atoms with E-state index >= 15 is 0 Å². The monoisotopic (exact) mass is 300 g/mol. The molecule has 1 rings (SSSR count). The molecule has 0 atom stereocenters. The van der Waals surface area contributed by atoms with E-state index in [-0.39, 0.29) is 11.7 Å². The fraction of sp³-hybridized carbons (Fsp3) is 0.500. The summed E-state index contributed by atoms with van der Waals surface area (Å²) < 4.78 is 0. The first-order valence-electron chi connectivity index (χ1n) is 5.77. The Morgan fingerprint density at radius 1 is 1.65 bits per heavy atom. The van der Waals surface area contributed by atoms with Crippen LogP contribution in [0.15, 0.2) is 11.3 Å². The molecule has 3 N–H and O–H groups in total. The maximum Gasteiger partial charge on any atom is 0.254 e. The zero-order valence-corrected chi connectivity index (χ0v) is 12.0. The average molecular weight is 300 g/mol. The Morgan fingerprint density at radius 2 is 2.40 bits per heavy atom. The number of rotatable bonds is 7. The molecule has 10 heteroatoms. The lowest BCUT2D eigenvalue weighted by atomic mass is 10.3. The van der Waals surface area contributed by atoms with Crippen molar-refractivity contribution in [2.75, 3.05) is 25.1 Å². The van der Waals surface area contributed by atoms with Crippen LogP contribution in [0.2, 0.25) is 0 Å². The molecule has 0 fully saturated rings. The van der Waals surface area contributed by atoms with Crippen LogP contribution in [0, 0.1) is 17.0 Å². The Bertz CT molecular complexity index is 501. The van der Waals surface area contributed by atoms with Crippen molar-refractivity contribution >= 4 is 23.5 Å². The van der Waals surface area contributed by atoms with Gasteiger partial charge in [-0.25, -0.2) is 15.1 Å². The fourth-order valence-electron chi connectivity index (χ4n) is 1.37. The summed E-state index contributed by atoms with van der Waals surface area (Å²) in [7, 11) is 1.44. The first kappa shape index (κ1) is 16.0. The number of aryl methyl sites for hydroxylation is 1. The van der Waals surface area contributed by atoms with Gasteiger partial charge in [0.15, 0.2) is 10.8 Å². The van der Waals surface area contributed by atoms with Gasteiger partial charge in [0.05, 0.1) is 12.1 Å². The standard InChI is InChI=1S/C10H16N6O3S/c1-7-9(14-6-13-7)8(17)5-20-4-3-12-10(11-2)15-16(18)19/h6H,3-5H2,1-2H3,(H,13,14)(H2,11,12,15). The molecule has 0 unspecified atom stereocenters. The summed E-state index contributed by atoms with van der Waals surface area (Å²) in [5.74, 6) is 0.981. The number of hydrogen-bond donors (Lipinski definition) is 3. The molecule has 0 amide bonds. The van der Waals surface area contributed by atoms with E-state index in [2.05, 4.69) is 20.3 Å². The Morgan fingerprint density at radius 3 is 2.95 bits per heavy atom. The van der Waals surface area contributed by atoms with E-state index in [0.29, 0.717) is 23.7 Å². The van der Waals surface area contributed by atoms with Crippen molar-refractivity contribution < 1.29 is 9.83 Å². The Balaban J connectivity index is 2.21. The molecule has 9 nitrogen and oxygen atoms in total. The molecule has 0 spiro atoms. The number of aromatic nitrogens is 2. The van der Waals surface area contributed by atoms with Crippen molar-refractivity contribution in [2.24, 2.45) is 4.99 Å². The molecule has 20 heavy (non-hydrogen) atoms. The van der Waals surface area contributed by atoms with Crippen LogP contribution < -0.4 is 10.7 Å². The molecule has 110 valence electrons. The molecule has 0 saturated carbocycles. The summed E-state index contributed by atoms with van der Waals surface area (Å²) in [4.78, 5) is 32.5. The quantitative estimate of drug-likeness (QED) is 0.161. The lowest BCUT2D eigenvalue weighted by Gasteiger charge is -2.05. The van der Waals surface area contributed by atoms with Gasteiger partial charge in [-0.2, -0.15) is 11.8 Å². The second-order valence-electron chi connectivity index (χ2n) is 3.72. The van der Waals surface area contributed by atoms with Gasteiger partial charge in [0.2, 0.25) is 0 Å². The lowest BCUT2D eigenvalue weighted by Crippen LogP contribution is -2.41. The Labute approximate surface area is 119 Å². The minimum atomic E-state index is -0.688. The smallest absolute Gasteiger partial charge is 0.254 e. The van der Waals surface area contributed by atoms with Gasteiger partial charge in [-0.05, 0) is 6.92 Å². The fourth-order valence-corrected chi connectivity index (χ4v) is 2.08.